The maximum atomic E-state index is 10.4. The largest absolute Gasteiger partial charge is 0.366 e. The Morgan fingerprint density at radius 2 is 1.65 bits per heavy atom. The topological polar surface area (TPSA) is 110 Å². The van der Waals surface area contributed by atoms with Gasteiger partial charge < -0.3 is 10.2 Å². The lowest BCUT2D eigenvalue weighted by Crippen LogP contribution is -2.30. The van der Waals surface area contributed by atoms with Crippen LogP contribution in [0.15, 0.2) is 30.3 Å². The third-order valence-electron chi connectivity index (χ3n) is 3.60. The molecule has 2 rings (SSSR count). The van der Waals surface area contributed by atoms with Crippen molar-refractivity contribution < 1.29 is 22.8 Å². The molecule has 1 aliphatic rings. The molecule has 0 saturated heterocycles. The molecule has 1 aromatic carbocycles. The van der Waals surface area contributed by atoms with Gasteiger partial charge in [-0.1, -0.05) is 36.8 Å². The van der Waals surface area contributed by atoms with Crippen LogP contribution in [0.1, 0.15) is 50.5 Å². The van der Waals surface area contributed by atoms with Gasteiger partial charge in [0.25, 0.3) is 0 Å². The standard InChI is InChI=1S/C10H15NO3S.C6H12O2/c11-15(12,13)14-9-5-4-8-10-6-2-1-3-7-10;7-6(8)4-2-1-3-5-6/h1-3,6-7H,4-5,8-9H2,(H2,11,12,13);7-8H,1-5H2. The predicted molar refractivity (Wildman–Crippen MR) is 88.7 cm³/mol. The van der Waals surface area contributed by atoms with Gasteiger partial charge in [-0.3, -0.25) is 4.18 Å². The van der Waals surface area contributed by atoms with E-state index < -0.39 is 16.1 Å². The zero-order valence-corrected chi connectivity index (χ0v) is 14.2. The highest BCUT2D eigenvalue weighted by molar-refractivity contribution is 7.84. The Morgan fingerprint density at radius 3 is 2.13 bits per heavy atom. The third kappa shape index (κ3) is 11.2. The predicted octanol–water partition coefficient (Wildman–Crippen LogP) is 1.86. The third-order valence-corrected chi connectivity index (χ3v) is 4.10. The lowest BCUT2D eigenvalue weighted by Gasteiger charge is -2.25. The molecular formula is C16H27NO5S. The smallest absolute Gasteiger partial charge is 0.333 e. The Balaban J connectivity index is 0.000000277. The van der Waals surface area contributed by atoms with E-state index in [4.69, 9.17) is 10.2 Å². The second-order valence-corrected chi connectivity index (χ2v) is 7.02. The summed E-state index contributed by atoms with van der Waals surface area (Å²) in [5, 5.41) is 22.5. The Hall–Kier alpha value is -0.990. The van der Waals surface area contributed by atoms with Crippen LogP contribution in [0.25, 0.3) is 0 Å². The van der Waals surface area contributed by atoms with E-state index in [1.54, 1.807) is 0 Å². The molecule has 0 heterocycles. The molecule has 0 bridgehead atoms. The Kier molecular flexibility index (Phi) is 8.72. The molecule has 0 aromatic heterocycles. The molecule has 6 nitrogen and oxygen atoms in total. The monoisotopic (exact) mass is 345 g/mol. The summed E-state index contributed by atoms with van der Waals surface area (Å²) in [7, 11) is -3.77. The van der Waals surface area contributed by atoms with Crippen LogP contribution in [0.5, 0.6) is 0 Å². The van der Waals surface area contributed by atoms with Crippen molar-refractivity contribution in [2.45, 2.75) is 57.2 Å². The molecule has 0 radical (unpaired) electrons. The van der Waals surface area contributed by atoms with Gasteiger partial charge in [0.05, 0.1) is 6.61 Å². The highest BCUT2D eigenvalue weighted by Gasteiger charge is 2.24. The summed E-state index contributed by atoms with van der Waals surface area (Å²) < 4.78 is 25.3. The molecule has 1 aliphatic carbocycles. The van der Waals surface area contributed by atoms with E-state index in [0.717, 1.165) is 32.1 Å². The molecule has 1 aromatic rings. The Bertz CT molecular complexity index is 523. The molecule has 7 heteroatoms. The molecule has 0 unspecified atom stereocenters. The summed E-state index contributed by atoms with van der Waals surface area (Å²) >= 11 is 0. The summed E-state index contributed by atoms with van der Waals surface area (Å²) in [5.41, 5.74) is 1.24. The van der Waals surface area contributed by atoms with Gasteiger partial charge in [-0.25, -0.2) is 5.14 Å². The molecule has 4 N–H and O–H groups in total. The zero-order valence-electron chi connectivity index (χ0n) is 13.4. The van der Waals surface area contributed by atoms with Crippen LogP contribution in [0, 0.1) is 0 Å². The van der Waals surface area contributed by atoms with E-state index in [0.29, 0.717) is 19.3 Å². The fourth-order valence-corrected chi connectivity index (χ4v) is 2.72. The van der Waals surface area contributed by atoms with E-state index in [-0.39, 0.29) is 6.61 Å². The van der Waals surface area contributed by atoms with Crippen LogP contribution < -0.4 is 5.14 Å². The van der Waals surface area contributed by atoms with Crippen molar-refractivity contribution in [3.05, 3.63) is 35.9 Å². The van der Waals surface area contributed by atoms with Gasteiger partial charge in [0.1, 0.15) is 0 Å². The molecule has 23 heavy (non-hydrogen) atoms. The van der Waals surface area contributed by atoms with Crippen molar-refractivity contribution in [3.8, 4) is 0 Å². The van der Waals surface area contributed by atoms with E-state index >= 15 is 0 Å². The van der Waals surface area contributed by atoms with Crippen molar-refractivity contribution >= 4 is 10.3 Å². The Morgan fingerprint density at radius 1 is 1.04 bits per heavy atom. The second-order valence-electron chi connectivity index (χ2n) is 5.80. The van der Waals surface area contributed by atoms with Crippen LogP contribution in [-0.4, -0.2) is 31.0 Å². The molecule has 0 aliphatic heterocycles. The number of unbranched alkanes of at least 4 members (excludes halogenated alkanes) is 1. The number of nitrogens with two attached hydrogens (primary N) is 1. The SMILES string of the molecule is NS(=O)(=O)OCCCCc1ccccc1.OC1(O)CCCCC1. The van der Waals surface area contributed by atoms with Gasteiger partial charge in [-0.15, -0.1) is 0 Å². The molecular weight excluding hydrogens is 318 g/mol. The van der Waals surface area contributed by atoms with E-state index in [1.807, 2.05) is 30.3 Å². The van der Waals surface area contributed by atoms with Gasteiger partial charge >= 0.3 is 10.3 Å². The molecule has 1 fully saturated rings. The average Bonchev–Trinajstić information content (AvgIpc) is 2.47. The minimum atomic E-state index is -3.77. The molecule has 0 atom stereocenters. The van der Waals surface area contributed by atoms with Gasteiger partial charge in [0.15, 0.2) is 5.79 Å². The number of hydrogen-bond acceptors (Lipinski definition) is 5. The lowest BCUT2D eigenvalue weighted by atomic mass is 9.95. The second kappa shape index (κ2) is 10.00. The van der Waals surface area contributed by atoms with Crippen LogP contribution >= 0.6 is 0 Å². The van der Waals surface area contributed by atoms with Gasteiger partial charge in [-0.05, 0) is 37.7 Å². The fraction of sp³-hybridized carbons (Fsp3) is 0.625. The average molecular weight is 345 g/mol. The molecule has 1 saturated carbocycles. The van der Waals surface area contributed by atoms with Crippen molar-refractivity contribution in [1.29, 1.82) is 0 Å². The number of aliphatic hydroxyl groups is 2. The quantitative estimate of drug-likeness (QED) is 0.538. The highest BCUT2D eigenvalue weighted by atomic mass is 32.2. The first kappa shape index (κ1) is 20.1. The lowest BCUT2D eigenvalue weighted by molar-refractivity contribution is -0.180. The Labute approximate surface area is 138 Å². The first-order valence-electron chi connectivity index (χ1n) is 7.94. The first-order valence-corrected chi connectivity index (χ1v) is 9.41. The van der Waals surface area contributed by atoms with Crippen LogP contribution in [-0.2, 0) is 20.9 Å². The van der Waals surface area contributed by atoms with Crippen LogP contribution in [0.3, 0.4) is 0 Å². The van der Waals surface area contributed by atoms with Crippen molar-refractivity contribution in [1.82, 2.24) is 0 Å². The normalized spacial score (nSPS) is 17.2. The minimum Gasteiger partial charge on any atom is -0.366 e. The molecule has 0 spiro atoms. The molecule has 0 amide bonds. The number of benzene rings is 1. The summed E-state index contributed by atoms with van der Waals surface area (Å²) in [6.07, 6.45) is 6.71. The highest BCUT2D eigenvalue weighted by Crippen LogP contribution is 2.24. The minimum absolute atomic E-state index is 0.158. The van der Waals surface area contributed by atoms with E-state index in [1.165, 1.54) is 5.56 Å². The number of rotatable bonds is 6. The van der Waals surface area contributed by atoms with E-state index in [2.05, 4.69) is 9.32 Å². The van der Waals surface area contributed by atoms with Crippen molar-refractivity contribution in [3.63, 3.8) is 0 Å². The van der Waals surface area contributed by atoms with Gasteiger partial charge in [0.2, 0.25) is 0 Å². The summed E-state index contributed by atoms with van der Waals surface area (Å²) in [6.45, 7) is 0.158. The summed E-state index contributed by atoms with van der Waals surface area (Å²) in [5.74, 6) is -1.32. The van der Waals surface area contributed by atoms with Crippen LogP contribution in [0.4, 0.5) is 0 Å². The number of aryl methyl sites for hydroxylation is 1. The number of hydrogen-bond donors (Lipinski definition) is 3. The van der Waals surface area contributed by atoms with Gasteiger partial charge in [0, 0.05) is 12.8 Å². The fourth-order valence-electron chi connectivity index (χ4n) is 2.37. The first-order chi connectivity index (χ1) is 10.8. The maximum absolute atomic E-state index is 10.4. The van der Waals surface area contributed by atoms with E-state index in [9.17, 15) is 8.42 Å². The molecule has 132 valence electrons. The van der Waals surface area contributed by atoms with Crippen LogP contribution in [0.2, 0.25) is 0 Å². The van der Waals surface area contributed by atoms with Crippen molar-refractivity contribution in [2.24, 2.45) is 5.14 Å². The maximum Gasteiger partial charge on any atom is 0.333 e. The van der Waals surface area contributed by atoms with Crippen molar-refractivity contribution in [2.75, 3.05) is 6.61 Å². The summed E-state index contributed by atoms with van der Waals surface area (Å²) in [4.78, 5) is 0. The zero-order chi connectivity index (χ0) is 17.2. The summed E-state index contributed by atoms with van der Waals surface area (Å²) in [6, 6.07) is 10.0. The van der Waals surface area contributed by atoms with Gasteiger partial charge in [-0.2, -0.15) is 8.42 Å².